The van der Waals surface area contributed by atoms with Crippen LogP contribution < -0.4 is 4.74 Å². The van der Waals surface area contributed by atoms with Crippen molar-refractivity contribution < 1.29 is 9.53 Å². The van der Waals surface area contributed by atoms with Crippen LogP contribution in [-0.4, -0.2) is 51.5 Å². The number of rotatable bonds is 6. The average Bonchev–Trinajstić information content (AvgIpc) is 3.02. The molecule has 1 amide bonds. The topological polar surface area (TPSA) is 60.2 Å². The summed E-state index contributed by atoms with van der Waals surface area (Å²) in [6.45, 7) is 1.72. The van der Waals surface area contributed by atoms with Gasteiger partial charge in [0.15, 0.2) is 11.0 Å². The Balaban J connectivity index is 1.60. The van der Waals surface area contributed by atoms with Gasteiger partial charge in [-0.25, -0.2) is 0 Å². The summed E-state index contributed by atoms with van der Waals surface area (Å²) in [4.78, 5) is 14.8. The highest BCUT2D eigenvalue weighted by atomic mass is 32.2. The Labute approximate surface area is 181 Å². The number of aromatic nitrogens is 3. The number of nitrogens with zero attached hydrogens (tertiary/aromatic N) is 4. The van der Waals surface area contributed by atoms with Crippen molar-refractivity contribution in [3.05, 3.63) is 54.6 Å². The quantitative estimate of drug-likeness (QED) is 0.550. The Morgan fingerprint density at radius 2 is 1.67 bits per heavy atom. The number of ether oxygens (including phenoxy) is 1. The fourth-order valence-electron chi connectivity index (χ4n) is 3.64. The molecule has 0 N–H and O–H groups in total. The normalized spacial score (nSPS) is 14.4. The van der Waals surface area contributed by atoms with Gasteiger partial charge < -0.3 is 9.64 Å². The van der Waals surface area contributed by atoms with Crippen LogP contribution in [0.1, 0.15) is 25.7 Å². The minimum absolute atomic E-state index is 0.174. The lowest BCUT2D eigenvalue weighted by molar-refractivity contribution is -0.128. The van der Waals surface area contributed by atoms with E-state index in [0.29, 0.717) is 10.9 Å². The van der Waals surface area contributed by atoms with Crippen LogP contribution in [0.15, 0.2) is 59.8 Å². The molecular weight excluding hydrogens is 396 g/mol. The molecule has 0 saturated carbocycles. The zero-order valence-corrected chi connectivity index (χ0v) is 18.0. The highest BCUT2D eigenvalue weighted by molar-refractivity contribution is 7.99. The number of hydrogen-bond acceptors (Lipinski definition) is 5. The van der Waals surface area contributed by atoms with Crippen molar-refractivity contribution in [1.29, 1.82) is 0 Å². The molecule has 1 aromatic heterocycles. The fraction of sp³-hybridized carbons (Fsp3) is 0.348. The maximum atomic E-state index is 12.8. The molecule has 1 aliphatic heterocycles. The Bertz CT molecular complexity index is 965. The van der Waals surface area contributed by atoms with E-state index in [1.54, 1.807) is 7.11 Å². The Morgan fingerprint density at radius 1 is 0.967 bits per heavy atom. The highest BCUT2D eigenvalue weighted by Crippen LogP contribution is 2.29. The highest BCUT2D eigenvalue weighted by Gasteiger charge is 2.20. The molecule has 1 aliphatic rings. The van der Waals surface area contributed by atoms with Crippen molar-refractivity contribution in [2.24, 2.45) is 0 Å². The molecule has 1 fully saturated rings. The van der Waals surface area contributed by atoms with Gasteiger partial charge in [-0.3, -0.25) is 9.36 Å². The molecule has 3 aromatic rings. The molecule has 6 nitrogen and oxygen atoms in total. The minimum atomic E-state index is 0.174. The van der Waals surface area contributed by atoms with E-state index in [9.17, 15) is 4.79 Å². The SMILES string of the molecule is COc1ccc(-n2c(SCC(=O)N3CCCCCC3)nnc2-c2ccccc2)cc1. The second-order valence-electron chi connectivity index (χ2n) is 7.29. The molecule has 0 atom stereocenters. The lowest BCUT2D eigenvalue weighted by atomic mass is 10.2. The number of thioether (sulfide) groups is 1. The Hall–Kier alpha value is -2.80. The second-order valence-corrected chi connectivity index (χ2v) is 8.23. The molecule has 0 radical (unpaired) electrons. The molecule has 2 aromatic carbocycles. The predicted octanol–water partition coefficient (Wildman–Crippen LogP) is 4.44. The van der Waals surface area contributed by atoms with Crippen molar-refractivity contribution in [1.82, 2.24) is 19.7 Å². The van der Waals surface area contributed by atoms with E-state index < -0.39 is 0 Å². The summed E-state index contributed by atoms with van der Waals surface area (Å²) in [5.74, 6) is 2.08. The van der Waals surface area contributed by atoms with Gasteiger partial charge in [-0.15, -0.1) is 10.2 Å². The smallest absolute Gasteiger partial charge is 0.233 e. The summed E-state index contributed by atoms with van der Waals surface area (Å²) in [5, 5.41) is 9.58. The van der Waals surface area contributed by atoms with E-state index in [1.807, 2.05) is 64.1 Å². The molecule has 0 bridgehead atoms. The van der Waals surface area contributed by atoms with Crippen molar-refractivity contribution in [3.8, 4) is 22.8 Å². The maximum Gasteiger partial charge on any atom is 0.233 e. The molecular formula is C23H26N4O2S. The Kier molecular flexibility index (Phi) is 6.69. The van der Waals surface area contributed by atoms with E-state index in [2.05, 4.69) is 10.2 Å². The summed E-state index contributed by atoms with van der Waals surface area (Å²) in [5.41, 5.74) is 1.91. The maximum absolute atomic E-state index is 12.8. The third-order valence-electron chi connectivity index (χ3n) is 5.28. The third kappa shape index (κ3) is 4.67. The van der Waals surface area contributed by atoms with E-state index >= 15 is 0 Å². The molecule has 0 unspecified atom stereocenters. The van der Waals surface area contributed by atoms with Gasteiger partial charge in [-0.05, 0) is 37.1 Å². The summed E-state index contributed by atoms with van der Waals surface area (Å²) in [7, 11) is 1.65. The molecule has 1 saturated heterocycles. The van der Waals surface area contributed by atoms with Crippen LogP contribution in [0.4, 0.5) is 0 Å². The lowest BCUT2D eigenvalue weighted by Crippen LogP contribution is -2.33. The van der Waals surface area contributed by atoms with Gasteiger partial charge in [0.05, 0.1) is 12.9 Å². The van der Waals surface area contributed by atoms with Crippen molar-refractivity contribution in [2.75, 3.05) is 26.0 Å². The van der Waals surface area contributed by atoms with E-state index in [4.69, 9.17) is 4.74 Å². The summed E-state index contributed by atoms with van der Waals surface area (Å²) in [6.07, 6.45) is 4.61. The van der Waals surface area contributed by atoms with E-state index in [1.165, 1.54) is 24.6 Å². The van der Waals surface area contributed by atoms with Crippen LogP contribution >= 0.6 is 11.8 Å². The van der Waals surface area contributed by atoms with Crippen LogP contribution in [0.5, 0.6) is 5.75 Å². The largest absolute Gasteiger partial charge is 0.497 e. The van der Waals surface area contributed by atoms with Gasteiger partial charge in [-0.2, -0.15) is 0 Å². The van der Waals surface area contributed by atoms with Crippen LogP contribution in [0, 0.1) is 0 Å². The monoisotopic (exact) mass is 422 g/mol. The molecule has 0 aliphatic carbocycles. The van der Waals surface area contributed by atoms with Gasteiger partial charge in [0, 0.05) is 24.3 Å². The number of likely N-dealkylation sites (tertiary alicyclic amines) is 1. The van der Waals surface area contributed by atoms with Gasteiger partial charge in [0.2, 0.25) is 5.91 Å². The molecule has 4 rings (SSSR count). The lowest BCUT2D eigenvalue weighted by Gasteiger charge is -2.20. The van der Waals surface area contributed by atoms with Crippen molar-refractivity contribution in [3.63, 3.8) is 0 Å². The van der Waals surface area contributed by atoms with Crippen molar-refractivity contribution >= 4 is 17.7 Å². The molecule has 2 heterocycles. The summed E-state index contributed by atoms with van der Waals surface area (Å²) < 4.78 is 7.30. The first-order valence-electron chi connectivity index (χ1n) is 10.3. The van der Waals surface area contributed by atoms with Crippen LogP contribution in [-0.2, 0) is 4.79 Å². The second kappa shape index (κ2) is 9.80. The van der Waals surface area contributed by atoms with Gasteiger partial charge >= 0.3 is 0 Å². The molecule has 0 spiro atoms. The van der Waals surface area contributed by atoms with Gasteiger partial charge in [0.25, 0.3) is 0 Å². The van der Waals surface area contributed by atoms with Crippen molar-refractivity contribution in [2.45, 2.75) is 30.8 Å². The third-order valence-corrected chi connectivity index (χ3v) is 6.19. The number of carbonyl (C=O) groups is 1. The van der Waals surface area contributed by atoms with Crippen LogP contribution in [0.25, 0.3) is 17.1 Å². The zero-order chi connectivity index (χ0) is 20.8. The first-order chi connectivity index (χ1) is 14.8. The fourth-order valence-corrected chi connectivity index (χ4v) is 4.49. The first-order valence-corrected chi connectivity index (χ1v) is 11.3. The van der Waals surface area contributed by atoms with E-state index in [0.717, 1.165) is 48.8 Å². The van der Waals surface area contributed by atoms with Gasteiger partial charge in [0.1, 0.15) is 5.75 Å². The molecule has 7 heteroatoms. The number of hydrogen-bond donors (Lipinski definition) is 0. The summed E-state index contributed by atoms with van der Waals surface area (Å²) in [6, 6.07) is 17.8. The van der Waals surface area contributed by atoms with Crippen LogP contribution in [0.3, 0.4) is 0 Å². The average molecular weight is 423 g/mol. The zero-order valence-electron chi connectivity index (χ0n) is 17.2. The van der Waals surface area contributed by atoms with E-state index in [-0.39, 0.29) is 5.91 Å². The number of benzene rings is 2. The standard InChI is InChI=1S/C23H26N4O2S/c1-29-20-13-11-19(12-14-20)27-22(18-9-5-4-6-10-18)24-25-23(27)30-17-21(28)26-15-7-2-3-8-16-26/h4-6,9-14H,2-3,7-8,15-17H2,1H3. The van der Waals surface area contributed by atoms with Gasteiger partial charge in [-0.1, -0.05) is 54.9 Å². The predicted molar refractivity (Wildman–Crippen MR) is 119 cm³/mol. The van der Waals surface area contributed by atoms with Crippen LogP contribution in [0.2, 0.25) is 0 Å². The molecule has 156 valence electrons. The number of methoxy groups -OCH3 is 1. The minimum Gasteiger partial charge on any atom is -0.497 e. The number of amides is 1. The molecule has 30 heavy (non-hydrogen) atoms. The summed E-state index contributed by atoms with van der Waals surface area (Å²) >= 11 is 1.44. The Morgan fingerprint density at radius 3 is 2.33 bits per heavy atom. The first kappa shape index (κ1) is 20.5. The number of carbonyl (C=O) groups excluding carboxylic acids is 1.